The maximum Gasteiger partial charge on any atom is 0.231 e. The molecule has 3 heteroatoms. The first-order valence-corrected chi connectivity index (χ1v) is 2.78. The van der Waals surface area contributed by atoms with Crippen LogP contribution in [0.1, 0.15) is 6.92 Å². The Morgan fingerprint density at radius 2 is 2.33 bits per heavy atom. The molecule has 0 aliphatic rings. The second kappa shape index (κ2) is 3.90. The summed E-state index contributed by atoms with van der Waals surface area (Å²) >= 11 is 0. The summed E-state index contributed by atoms with van der Waals surface area (Å²) in [6, 6.07) is 0. The molecule has 3 nitrogen and oxygen atoms in total. The van der Waals surface area contributed by atoms with E-state index in [9.17, 15) is 0 Å². The second-order valence-electron chi connectivity index (χ2n) is 1.89. The monoisotopic (exact) mass is 125 g/mol. The SMILES string of the molecule is [C-]#[N+]CCN(C)C(C)=N. The van der Waals surface area contributed by atoms with Gasteiger partial charge < -0.3 is 9.74 Å². The molecule has 0 rings (SSSR count). The van der Waals surface area contributed by atoms with Crippen molar-refractivity contribution in [2.75, 3.05) is 20.1 Å². The van der Waals surface area contributed by atoms with E-state index in [0.29, 0.717) is 18.9 Å². The van der Waals surface area contributed by atoms with Crippen molar-refractivity contribution in [3.63, 3.8) is 0 Å². The Morgan fingerprint density at radius 1 is 1.78 bits per heavy atom. The van der Waals surface area contributed by atoms with Crippen LogP contribution >= 0.6 is 0 Å². The lowest BCUT2D eigenvalue weighted by Gasteiger charge is -2.12. The number of hydrogen-bond acceptors (Lipinski definition) is 1. The highest BCUT2D eigenvalue weighted by Gasteiger charge is 1.97. The zero-order chi connectivity index (χ0) is 7.28. The average Bonchev–Trinajstić information content (AvgIpc) is 1.82. The minimum Gasteiger partial charge on any atom is -0.356 e. The van der Waals surface area contributed by atoms with Crippen LogP contribution in [0.25, 0.3) is 4.85 Å². The maximum absolute atomic E-state index is 7.10. The Bertz CT molecular complexity index is 134. The Morgan fingerprint density at radius 3 is 2.67 bits per heavy atom. The predicted molar refractivity (Wildman–Crippen MR) is 37.5 cm³/mol. The van der Waals surface area contributed by atoms with Crippen LogP contribution in [0.5, 0.6) is 0 Å². The summed E-state index contributed by atoms with van der Waals surface area (Å²) in [5.74, 6) is 0.513. The van der Waals surface area contributed by atoms with Gasteiger partial charge >= 0.3 is 0 Å². The molecule has 0 aliphatic carbocycles. The van der Waals surface area contributed by atoms with Gasteiger partial charge in [-0.15, -0.1) is 0 Å². The lowest BCUT2D eigenvalue weighted by Crippen LogP contribution is -2.25. The van der Waals surface area contributed by atoms with E-state index in [0.717, 1.165) is 0 Å². The molecule has 0 aliphatic heterocycles. The number of nitrogens with one attached hydrogen (secondary N) is 1. The largest absolute Gasteiger partial charge is 0.356 e. The molecule has 0 fully saturated rings. The van der Waals surface area contributed by atoms with Crippen molar-refractivity contribution < 1.29 is 0 Å². The number of nitrogens with zero attached hydrogens (tertiary/aromatic N) is 2. The van der Waals surface area contributed by atoms with Crippen molar-refractivity contribution in [3.05, 3.63) is 11.4 Å². The zero-order valence-corrected chi connectivity index (χ0v) is 5.81. The van der Waals surface area contributed by atoms with Gasteiger partial charge in [0, 0.05) is 7.05 Å². The lowest BCUT2D eigenvalue weighted by molar-refractivity contribution is 0.522. The van der Waals surface area contributed by atoms with Gasteiger partial charge in [-0.3, -0.25) is 5.41 Å². The van der Waals surface area contributed by atoms with Gasteiger partial charge in [0.15, 0.2) is 0 Å². The molecule has 0 aromatic rings. The molecule has 0 atom stereocenters. The number of rotatable bonds is 2. The van der Waals surface area contributed by atoms with E-state index in [4.69, 9.17) is 12.0 Å². The first kappa shape index (κ1) is 7.96. The molecule has 0 amide bonds. The molecule has 0 saturated carbocycles. The highest BCUT2D eigenvalue weighted by atomic mass is 15.1. The van der Waals surface area contributed by atoms with Gasteiger partial charge in [0.05, 0.1) is 12.4 Å². The van der Waals surface area contributed by atoms with E-state index in [1.54, 1.807) is 11.8 Å². The van der Waals surface area contributed by atoms with Gasteiger partial charge in [0.25, 0.3) is 0 Å². The molecule has 0 radical (unpaired) electrons. The molecule has 0 aromatic carbocycles. The molecule has 0 heterocycles. The van der Waals surface area contributed by atoms with E-state index < -0.39 is 0 Å². The van der Waals surface area contributed by atoms with Gasteiger partial charge in [-0.25, -0.2) is 6.57 Å². The quantitative estimate of drug-likeness (QED) is 0.331. The molecule has 9 heavy (non-hydrogen) atoms. The second-order valence-corrected chi connectivity index (χ2v) is 1.89. The zero-order valence-electron chi connectivity index (χ0n) is 5.81. The van der Waals surface area contributed by atoms with Crippen LogP contribution in [0.2, 0.25) is 0 Å². The van der Waals surface area contributed by atoms with Crippen LogP contribution in [0.15, 0.2) is 0 Å². The maximum atomic E-state index is 7.10. The average molecular weight is 125 g/mol. The Balaban J connectivity index is 3.41. The van der Waals surface area contributed by atoms with Crippen molar-refractivity contribution >= 4 is 5.84 Å². The fraction of sp³-hybridized carbons (Fsp3) is 0.667. The summed E-state index contributed by atoms with van der Waals surface area (Å²) in [5.41, 5.74) is 0. The van der Waals surface area contributed by atoms with Gasteiger partial charge in [-0.05, 0) is 6.92 Å². The highest BCUT2D eigenvalue weighted by molar-refractivity contribution is 5.75. The van der Waals surface area contributed by atoms with Crippen molar-refractivity contribution in [1.29, 1.82) is 5.41 Å². The van der Waals surface area contributed by atoms with Crippen molar-refractivity contribution in [1.82, 2.24) is 4.90 Å². The molecular formula is C6H11N3. The van der Waals surface area contributed by atoms with Gasteiger partial charge in [-0.1, -0.05) is 0 Å². The lowest BCUT2D eigenvalue weighted by atomic mass is 10.5. The molecule has 0 saturated heterocycles. The third-order valence-electron chi connectivity index (χ3n) is 1.12. The van der Waals surface area contributed by atoms with Gasteiger partial charge in [0.2, 0.25) is 6.54 Å². The fourth-order valence-electron chi connectivity index (χ4n) is 0.368. The van der Waals surface area contributed by atoms with E-state index in [2.05, 4.69) is 4.85 Å². The van der Waals surface area contributed by atoms with Crippen LogP contribution in [0.3, 0.4) is 0 Å². The molecule has 0 bridgehead atoms. The van der Waals surface area contributed by atoms with Crippen LogP contribution in [0.4, 0.5) is 0 Å². The first-order valence-electron chi connectivity index (χ1n) is 2.78. The molecule has 50 valence electrons. The van der Waals surface area contributed by atoms with Crippen molar-refractivity contribution in [3.8, 4) is 0 Å². The van der Waals surface area contributed by atoms with Crippen LogP contribution in [-0.4, -0.2) is 30.9 Å². The summed E-state index contributed by atoms with van der Waals surface area (Å²) < 4.78 is 0. The number of hydrogen-bond donors (Lipinski definition) is 1. The summed E-state index contributed by atoms with van der Waals surface area (Å²) in [4.78, 5) is 4.92. The Kier molecular flexibility index (Phi) is 3.45. The highest BCUT2D eigenvalue weighted by Crippen LogP contribution is 1.82. The van der Waals surface area contributed by atoms with Crippen LogP contribution < -0.4 is 0 Å². The van der Waals surface area contributed by atoms with E-state index in [-0.39, 0.29) is 0 Å². The van der Waals surface area contributed by atoms with E-state index >= 15 is 0 Å². The van der Waals surface area contributed by atoms with Gasteiger partial charge in [-0.2, -0.15) is 0 Å². The van der Waals surface area contributed by atoms with E-state index in [1.807, 2.05) is 7.05 Å². The summed E-state index contributed by atoms with van der Waals surface area (Å²) in [6.07, 6.45) is 0. The van der Waals surface area contributed by atoms with Crippen LogP contribution in [-0.2, 0) is 0 Å². The summed E-state index contributed by atoms with van der Waals surface area (Å²) in [6.45, 7) is 9.32. The van der Waals surface area contributed by atoms with Crippen molar-refractivity contribution in [2.24, 2.45) is 0 Å². The smallest absolute Gasteiger partial charge is 0.231 e. The summed E-state index contributed by atoms with van der Waals surface area (Å²) in [5, 5.41) is 7.10. The number of likely N-dealkylation sites (N-methyl/N-ethyl adjacent to an activating group) is 1. The normalized spacial score (nSPS) is 8.11. The van der Waals surface area contributed by atoms with Gasteiger partial charge in [0.1, 0.15) is 0 Å². The minimum atomic E-state index is 0.479. The Labute approximate surface area is 55.6 Å². The van der Waals surface area contributed by atoms with E-state index in [1.165, 1.54) is 0 Å². The molecule has 0 unspecified atom stereocenters. The third kappa shape index (κ3) is 3.53. The topological polar surface area (TPSA) is 31.5 Å². The standard InChI is InChI=1S/C6H11N3/c1-6(7)9(3)5-4-8-2/h7H,4-5H2,1,3H3. The first-order chi connectivity index (χ1) is 4.18. The van der Waals surface area contributed by atoms with Crippen molar-refractivity contribution in [2.45, 2.75) is 6.92 Å². The molecule has 1 N–H and O–H groups in total. The molecule has 0 aromatic heterocycles. The Hall–Kier alpha value is -1.04. The number of amidine groups is 1. The summed E-state index contributed by atoms with van der Waals surface area (Å²) in [7, 11) is 1.81. The molecular weight excluding hydrogens is 114 g/mol. The minimum absolute atomic E-state index is 0.479. The fourth-order valence-corrected chi connectivity index (χ4v) is 0.368. The third-order valence-corrected chi connectivity index (χ3v) is 1.12. The molecule has 0 spiro atoms. The van der Waals surface area contributed by atoms with Crippen LogP contribution in [0, 0.1) is 12.0 Å². The predicted octanol–water partition coefficient (Wildman–Crippen LogP) is 0.835.